The first kappa shape index (κ1) is 29.4. The lowest BCUT2D eigenvalue weighted by molar-refractivity contribution is 0.0955. The van der Waals surface area contributed by atoms with Gasteiger partial charge in [0.2, 0.25) is 0 Å². The number of benzene rings is 1. The first-order chi connectivity index (χ1) is 16.9. The fourth-order valence-electron chi connectivity index (χ4n) is 4.39. The summed E-state index contributed by atoms with van der Waals surface area (Å²) in [6.07, 6.45) is 13.8. The van der Waals surface area contributed by atoms with E-state index < -0.39 is 0 Å². The summed E-state index contributed by atoms with van der Waals surface area (Å²) in [5.74, 6) is -0.0754. The van der Waals surface area contributed by atoms with E-state index in [1.165, 1.54) is 68.8 Å². The van der Waals surface area contributed by atoms with Crippen LogP contribution in [0.4, 0.5) is 0 Å². The molecule has 1 heterocycles. The summed E-state index contributed by atoms with van der Waals surface area (Å²) >= 11 is 4.35. The van der Waals surface area contributed by atoms with Gasteiger partial charge in [0.25, 0.3) is 5.91 Å². The van der Waals surface area contributed by atoms with Gasteiger partial charge in [0, 0.05) is 37.6 Å². The molecule has 35 heavy (non-hydrogen) atoms. The van der Waals surface area contributed by atoms with Crippen molar-refractivity contribution in [3.8, 4) is 0 Å². The molecule has 1 saturated heterocycles. The first-order valence-electron chi connectivity index (χ1n) is 13.4. The van der Waals surface area contributed by atoms with Crippen LogP contribution in [0.15, 0.2) is 64.1 Å². The van der Waals surface area contributed by atoms with Crippen molar-refractivity contribution in [1.82, 2.24) is 15.1 Å². The van der Waals surface area contributed by atoms with Crippen molar-refractivity contribution >= 4 is 18.5 Å². The predicted octanol–water partition coefficient (Wildman–Crippen LogP) is 6.52. The Labute approximate surface area is 220 Å². The van der Waals surface area contributed by atoms with E-state index >= 15 is 0 Å². The van der Waals surface area contributed by atoms with Gasteiger partial charge in [-0.05, 0) is 84.5 Å². The van der Waals surface area contributed by atoms with Crippen LogP contribution in [0.1, 0.15) is 76.6 Å². The van der Waals surface area contributed by atoms with E-state index in [9.17, 15) is 4.79 Å². The minimum atomic E-state index is -0.0754. The van der Waals surface area contributed by atoms with Gasteiger partial charge in [-0.1, -0.05) is 54.0 Å². The molecule has 0 saturated carbocycles. The molecule has 1 N–H and O–H groups in total. The van der Waals surface area contributed by atoms with Crippen molar-refractivity contribution in [1.29, 1.82) is 0 Å². The summed E-state index contributed by atoms with van der Waals surface area (Å²) in [7, 11) is 0. The number of rotatable bonds is 14. The number of nitrogens with zero attached hydrogens (tertiary/aromatic N) is 2. The van der Waals surface area contributed by atoms with Crippen LogP contribution in [0.2, 0.25) is 0 Å². The van der Waals surface area contributed by atoms with Crippen LogP contribution in [-0.4, -0.2) is 61.5 Å². The summed E-state index contributed by atoms with van der Waals surface area (Å²) in [5, 5.41) is 2.95. The molecule has 1 aromatic carbocycles. The molecule has 1 fully saturated rings. The number of thiol groups is 1. The molecule has 194 valence electrons. The molecule has 2 rings (SSSR count). The average Bonchev–Trinajstić information content (AvgIpc) is 2.84. The zero-order valence-corrected chi connectivity index (χ0v) is 23.4. The van der Waals surface area contributed by atoms with Crippen LogP contribution in [0.3, 0.4) is 0 Å². The molecule has 0 spiro atoms. The third kappa shape index (κ3) is 12.1. The number of piperazine rings is 1. The van der Waals surface area contributed by atoms with Gasteiger partial charge in [0.05, 0.1) is 5.56 Å². The van der Waals surface area contributed by atoms with E-state index in [1.807, 2.05) is 18.2 Å². The Bertz CT molecular complexity index is 866. The van der Waals surface area contributed by atoms with Crippen LogP contribution in [0.25, 0.3) is 0 Å². The van der Waals surface area contributed by atoms with Gasteiger partial charge < -0.3 is 15.1 Å². The van der Waals surface area contributed by atoms with Crippen LogP contribution in [-0.2, 0) is 0 Å². The summed E-state index contributed by atoms with van der Waals surface area (Å²) in [4.78, 5) is 18.1. The highest BCUT2D eigenvalue weighted by atomic mass is 32.1. The quantitative estimate of drug-likeness (QED) is 0.227. The molecule has 0 atom stereocenters. The summed E-state index contributed by atoms with van der Waals surface area (Å²) < 4.78 is 0. The number of nitrogens with one attached hydrogen (secondary N) is 1. The third-order valence-corrected chi connectivity index (χ3v) is 7.27. The molecule has 0 unspecified atom stereocenters. The topological polar surface area (TPSA) is 35.6 Å². The maximum absolute atomic E-state index is 12.2. The number of carbonyl (C=O) groups excluding carboxylic acids is 1. The molecule has 0 bridgehead atoms. The smallest absolute Gasteiger partial charge is 0.252 e. The number of likely N-dealkylation sites (N-methyl/N-ethyl adjacent to an activating group) is 1. The molecular formula is C30H47N3OS. The maximum Gasteiger partial charge on any atom is 0.252 e. The van der Waals surface area contributed by atoms with Crippen molar-refractivity contribution in [2.24, 2.45) is 0 Å². The number of hydrogen-bond acceptors (Lipinski definition) is 4. The minimum absolute atomic E-state index is 0.0754. The van der Waals surface area contributed by atoms with Crippen molar-refractivity contribution in [2.75, 3.05) is 45.8 Å². The fourth-order valence-corrected chi connectivity index (χ4v) is 4.65. The van der Waals surface area contributed by atoms with Crippen molar-refractivity contribution in [3.63, 3.8) is 0 Å². The molecule has 4 nitrogen and oxygen atoms in total. The first-order valence-corrected chi connectivity index (χ1v) is 13.8. The standard InChI is InChI=1S/C30H47N3OS/c1-5-32-21-23-33(24-22-32)20-10-15-26(3)13-8-11-25(2)12-9-14-27(4)18-19-31-30(34)28-16-6-7-17-29(28)35/h6-7,12-13,16-18,35H,5,8-11,14-15,19-24H2,1-4H3,(H,31,34). The Balaban J connectivity index is 1.57. The maximum atomic E-state index is 12.2. The Morgan fingerprint density at radius 2 is 1.46 bits per heavy atom. The van der Waals surface area contributed by atoms with Gasteiger partial charge in [-0.15, -0.1) is 12.6 Å². The van der Waals surface area contributed by atoms with Crippen LogP contribution in [0.5, 0.6) is 0 Å². The molecule has 0 aromatic heterocycles. The van der Waals surface area contributed by atoms with E-state index in [0.29, 0.717) is 17.0 Å². The number of carbonyl (C=O) groups is 1. The van der Waals surface area contributed by atoms with E-state index in [1.54, 1.807) is 6.07 Å². The Morgan fingerprint density at radius 3 is 2.09 bits per heavy atom. The van der Waals surface area contributed by atoms with Crippen LogP contribution >= 0.6 is 12.6 Å². The normalized spacial score (nSPS) is 16.5. The SMILES string of the molecule is CCN1CCN(CCCC(C)=CCCC(C)=CCCC(C)=CCNC(=O)c2ccccc2S)CC1. The molecule has 1 aliphatic heterocycles. The van der Waals surface area contributed by atoms with Crippen molar-refractivity contribution in [3.05, 3.63) is 64.8 Å². The van der Waals surface area contributed by atoms with E-state index in [0.717, 1.165) is 25.7 Å². The highest BCUT2D eigenvalue weighted by molar-refractivity contribution is 7.80. The Morgan fingerprint density at radius 1 is 0.886 bits per heavy atom. The van der Waals surface area contributed by atoms with Crippen molar-refractivity contribution < 1.29 is 4.79 Å². The molecule has 0 aliphatic carbocycles. The van der Waals surface area contributed by atoms with Gasteiger partial charge in [0.15, 0.2) is 0 Å². The van der Waals surface area contributed by atoms with E-state index in [2.05, 4.69) is 73.7 Å². The average molecular weight is 498 g/mol. The highest BCUT2D eigenvalue weighted by Gasteiger charge is 2.14. The third-order valence-electron chi connectivity index (χ3n) is 6.88. The lowest BCUT2D eigenvalue weighted by Crippen LogP contribution is -2.46. The number of amides is 1. The fraction of sp³-hybridized carbons (Fsp3) is 0.567. The largest absolute Gasteiger partial charge is 0.349 e. The monoisotopic (exact) mass is 497 g/mol. The molecule has 1 aromatic rings. The van der Waals surface area contributed by atoms with Crippen molar-refractivity contribution in [2.45, 2.75) is 71.1 Å². The molecule has 5 heteroatoms. The number of allylic oxidation sites excluding steroid dienone is 5. The second-order valence-electron chi connectivity index (χ2n) is 9.84. The highest BCUT2D eigenvalue weighted by Crippen LogP contribution is 2.14. The Kier molecular flexibility index (Phi) is 14.1. The number of hydrogen-bond donors (Lipinski definition) is 2. The van der Waals surface area contributed by atoms with E-state index in [4.69, 9.17) is 0 Å². The zero-order valence-electron chi connectivity index (χ0n) is 22.5. The predicted molar refractivity (Wildman–Crippen MR) is 154 cm³/mol. The van der Waals surface area contributed by atoms with Gasteiger partial charge in [-0.3, -0.25) is 4.79 Å². The minimum Gasteiger partial charge on any atom is -0.349 e. The molecule has 1 amide bonds. The van der Waals surface area contributed by atoms with Crippen LogP contribution < -0.4 is 5.32 Å². The Hall–Kier alpha value is -1.82. The summed E-state index contributed by atoms with van der Waals surface area (Å²) in [6, 6.07) is 7.38. The van der Waals surface area contributed by atoms with Gasteiger partial charge in [-0.2, -0.15) is 0 Å². The summed E-state index contributed by atoms with van der Waals surface area (Å²) in [6.45, 7) is 16.8. The lowest BCUT2D eigenvalue weighted by atomic mass is 10.0. The molecular weight excluding hydrogens is 450 g/mol. The van der Waals surface area contributed by atoms with Gasteiger partial charge >= 0.3 is 0 Å². The van der Waals surface area contributed by atoms with Gasteiger partial charge in [-0.25, -0.2) is 0 Å². The molecule has 1 aliphatic rings. The van der Waals surface area contributed by atoms with Gasteiger partial charge in [0.1, 0.15) is 0 Å². The van der Waals surface area contributed by atoms with Crippen LogP contribution in [0, 0.1) is 0 Å². The van der Waals surface area contributed by atoms with E-state index in [-0.39, 0.29) is 5.91 Å². The zero-order chi connectivity index (χ0) is 25.5. The molecule has 0 radical (unpaired) electrons. The lowest BCUT2D eigenvalue weighted by Gasteiger charge is -2.34. The summed E-state index contributed by atoms with van der Waals surface area (Å²) in [5.41, 5.74) is 4.93. The second kappa shape index (κ2) is 16.8. The second-order valence-corrected chi connectivity index (χ2v) is 10.3.